The molecule has 0 aliphatic rings. The minimum Gasteiger partial charge on any atom is -0.372 e. The molecule has 0 atom stereocenters. The van der Waals surface area contributed by atoms with Crippen molar-refractivity contribution >= 4 is 11.7 Å². The Hall–Kier alpha value is -1.78. The van der Waals surface area contributed by atoms with E-state index in [1.165, 1.54) is 6.07 Å². The molecule has 0 saturated heterocycles. The van der Waals surface area contributed by atoms with Crippen LogP contribution in [0.4, 0.5) is 5.82 Å². The van der Waals surface area contributed by atoms with Crippen molar-refractivity contribution in [3.8, 4) is 0 Å². The second-order valence-corrected chi connectivity index (χ2v) is 3.61. The van der Waals surface area contributed by atoms with Gasteiger partial charge in [-0.2, -0.15) is 0 Å². The number of nitrogens with two attached hydrogens (primary N) is 1. The quantitative estimate of drug-likeness (QED) is 0.630. The van der Waals surface area contributed by atoms with Crippen molar-refractivity contribution in [2.24, 2.45) is 5.73 Å². The smallest absolute Gasteiger partial charge is 0.262 e. The molecule has 1 aromatic rings. The van der Waals surface area contributed by atoms with Crippen LogP contribution in [0.2, 0.25) is 0 Å². The molecule has 0 aliphatic carbocycles. The predicted octanol–water partition coefficient (Wildman–Crippen LogP) is 1.08. The van der Waals surface area contributed by atoms with Crippen LogP contribution in [0.15, 0.2) is 16.9 Å². The first kappa shape index (κ1) is 12.3. The van der Waals surface area contributed by atoms with E-state index in [4.69, 9.17) is 5.73 Å². The lowest BCUT2D eigenvalue weighted by atomic mass is 10.2. The number of pyridine rings is 1. The van der Waals surface area contributed by atoms with Crippen LogP contribution in [0.1, 0.15) is 36.5 Å². The number of hydrogen-bond donors (Lipinski definition) is 3. The summed E-state index contributed by atoms with van der Waals surface area (Å²) in [6.45, 7) is 2.93. The molecular formula is C11H17N3O2. The molecule has 4 N–H and O–H groups in total. The maximum atomic E-state index is 11.4. The fraction of sp³-hybridized carbons (Fsp3) is 0.455. The van der Waals surface area contributed by atoms with Crippen molar-refractivity contribution in [3.63, 3.8) is 0 Å². The lowest BCUT2D eigenvalue weighted by molar-refractivity contribution is 0.0999. The van der Waals surface area contributed by atoms with Crippen LogP contribution in [0.5, 0.6) is 0 Å². The minimum atomic E-state index is -0.709. The molecular weight excluding hydrogens is 206 g/mol. The molecule has 88 valence electrons. The molecule has 1 rings (SSSR count). The van der Waals surface area contributed by atoms with E-state index >= 15 is 0 Å². The van der Waals surface area contributed by atoms with Gasteiger partial charge in [-0.1, -0.05) is 19.8 Å². The molecule has 0 aliphatic heterocycles. The molecule has 0 aromatic carbocycles. The number of anilines is 1. The van der Waals surface area contributed by atoms with Crippen LogP contribution in [0, 0.1) is 0 Å². The summed E-state index contributed by atoms with van der Waals surface area (Å²) in [5, 5.41) is 3.08. The molecule has 1 amide bonds. The third-order valence-electron chi connectivity index (χ3n) is 2.27. The fourth-order valence-electron chi connectivity index (χ4n) is 1.37. The molecule has 0 spiro atoms. The average molecular weight is 223 g/mol. The zero-order chi connectivity index (χ0) is 12.0. The second-order valence-electron chi connectivity index (χ2n) is 3.61. The van der Waals surface area contributed by atoms with E-state index in [0.29, 0.717) is 5.82 Å². The standard InChI is InChI=1S/C11H17N3O2/c1-2-3-4-7-13-9-6-5-8(10(12)15)11(16)14-9/h5-6H,2-4,7H2,1H3,(H2,12,15)(H2,13,14,16). The van der Waals surface area contributed by atoms with Gasteiger partial charge in [-0.25, -0.2) is 0 Å². The number of aromatic amines is 1. The third-order valence-corrected chi connectivity index (χ3v) is 2.27. The SMILES string of the molecule is CCCCCNc1ccc(C(N)=O)c(=O)[nH]1. The second kappa shape index (κ2) is 5.95. The summed E-state index contributed by atoms with van der Waals surface area (Å²) in [5.41, 5.74) is 4.56. The molecule has 0 radical (unpaired) electrons. The number of carbonyl (C=O) groups is 1. The Labute approximate surface area is 94.1 Å². The average Bonchev–Trinajstić information content (AvgIpc) is 2.24. The summed E-state index contributed by atoms with van der Waals surface area (Å²) in [7, 11) is 0. The lowest BCUT2D eigenvalue weighted by Crippen LogP contribution is -2.24. The molecule has 0 unspecified atom stereocenters. The maximum Gasteiger partial charge on any atom is 0.262 e. The first-order valence-electron chi connectivity index (χ1n) is 5.42. The van der Waals surface area contributed by atoms with E-state index in [-0.39, 0.29) is 5.56 Å². The van der Waals surface area contributed by atoms with Crippen LogP contribution >= 0.6 is 0 Å². The van der Waals surface area contributed by atoms with Crippen molar-refractivity contribution in [1.82, 2.24) is 4.98 Å². The van der Waals surface area contributed by atoms with Crippen molar-refractivity contribution in [2.75, 3.05) is 11.9 Å². The van der Waals surface area contributed by atoms with E-state index in [1.54, 1.807) is 6.07 Å². The summed E-state index contributed by atoms with van der Waals surface area (Å²) in [6.07, 6.45) is 3.35. The van der Waals surface area contributed by atoms with Gasteiger partial charge in [-0.05, 0) is 18.6 Å². The number of nitrogens with one attached hydrogen (secondary N) is 2. The summed E-state index contributed by atoms with van der Waals surface area (Å²) < 4.78 is 0. The number of rotatable bonds is 6. The van der Waals surface area contributed by atoms with Gasteiger partial charge in [0.05, 0.1) is 0 Å². The molecule has 5 heteroatoms. The van der Waals surface area contributed by atoms with Gasteiger partial charge in [0.2, 0.25) is 0 Å². The number of primary amides is 1. The lowest BCUT2D eigenvalue weighted by Gasteiger charge is -2.05. The van der Waals surface area contributed by atoms with E-state index < -0.39 is 11.5 Å². The minimum absolute atomic E-state index is 0.0147. The summed E-state index contributed by atoms with van der Waals surface area (Å²) in [5.74, 6) is -0.0927. The van der Waals surface area contributed by atoms with Crippen molar-refractivity contribution in [1.29, 1.82) is 0 Å². The van der Waals surface area contributed by atoms with Gasteiger partial charge in [0, 0.05) is 6.54 Å². The van der Waals surface area contributed by atoms with Crippen LogP contribution in [-0.4, -0.2) is 17.4 Å². The number of hydrogen-bond acceptors (Lipinski definition) is 3. The highest BCUT2D eigenvalue weighted by Crippen LogP contribution is 2.01. The molecule has 1 heterocycles. The van der Waals surface area contributed by atoms with E-state index in [1.807, 2.05) is 0 Å². The summed E-state index contributed by atoms with van der Waals surface area (Å²) in [6, 6.07) is 3.08. The number of unbranched alkanes of at least 4 members (excludes halogenated alkanes) is 2. The zero-order valence-corrected chi connectivity index (χ0v) is 9.38. The monoisotopic (exact) mass is 223 g/mol. The molecule has 0 fully saturated rings. The Morgan fingerprint density at radius 1 is 1.44 bits per heavy atom. The maximum absolute atomic E-state index is 11.4. The summed E-state index contributed by atoms with van der Waals surface area (Å²) in [4.78, 5) is 24.8. The molecule has 16 heavy (non-hydrogen) atoms. The van der Waals surface area contributed by atoms with Gasteiger partial charge in [0.1, 0.15) is 11.4 Å². The highest BCUT2D eigenvalue weighted by atomic mass is 16.2. The zero-order valence-electron chi connectivity index (χ0n) is 9.38. The third kappa shape index (κ3) is 3.42. The number of carbonyl (C=O) groups excluding carboxylic acids is 1. The summed E-state index contributed by atoms with van der Waals surface area (Å²) >= 11 is 0. The Morgan fingerprint density at radius 3 is 2.75 bits per heavy atom. The van der Waals surface area contributed by atoms with Gasteiger partial charge in [-0.3, -0.25) is 9.59 Å². The highest BCUT2D eigenvalue weighted by Gasteiger charge is 2.05. The van der Waals surface area contributed by atoms with Gasteiger partial charge < -0.3 is 16.0 Å². The first-order valence-corrected chi connectivity index (χ1v) is 5.42. The van der Waals surface area contributed by atoms with Crippen LogP contribution in [0.25, 0.3) is 0 Å². The van der Waals surface area contributed by atoms with Gasteiger partial charge in [-0.15, -0.1) is 0 Å². The van der Waals surface area contributed by atoms with Crippen LogP contribution < -0.4 is 16.6 Å². The predicted molar refractivity (Wildman–Crippen MR) is 63.6 cm³/mol. The van der Waals surface area contributed by atoms with Gasteiger partial charge in [0.25, 0.3) is 11.5 Å². The topological polar surface area (TPSA) is 88.0 Å². The molecule has 0 saturated carbocycles. The van der Waals surface area contributed by atoms with Crippen molar-refractivity contribution in [2.45, 2.75) is 26.2 Å². The Kier molecular flexibility index (Phi) is 4.57. The van der Waals surface area contributed by atoms with Crippen LogP contribution in [0.3, 0.4) is 0 Å². The molecule has 0 bridgehead atoms. The normalized spacial score (nSPS) is 10.1. The van der Waals surface area contributed by atoms with E-state index in [9.17, 15) is 9.59 Å². The number of aromatic nitrogens is 1. The Balaban J connectivity index is 2.60. The van der Waals surface area contributed by atoms with Gasteiger partial charge >= 0.3 is 0 Å². The fourth-order valence-corrected chi connectivity index (χ4v) is 1.37. The van der Waals surface area contributed by atoms with E-state index in [2.05, 4.69) is 17.2 Å². The van der Waals surface area contributed by atoms with Crippen molar-refractivity contribution < 1.29 is 4.79 Å². The largest absolute Gasteiger partial charge is 0.372 e. The Morgan fingerprint density at radius 2 is 2.19 bits per heavy atom. The van der Waals surface area contributed by atoms with Crippen LogP contribution in [-0.2, 0) is 0 Å². The number of H-pyrrole nitrogens is 1. The molecule has 5 nitrogen and oxygen atoms in total. The first-order chi connectivity index (χ1) is 7.65. The Bertz CT molecular complexity index is 412. The van der Waals surface area contributed by atoms with Gasteiger partial charge in [0.15, 0.2) is 0 Å². The number of amides is 1. The highest BCUT2D eigenvalue weighted by molar-refractivity contribution is 5.92. The molecule has 1 aromatic heterocycles. The van der Waals surface area contributed by atoms with E-state index in [0.717, 1.165) is 25.8 Å². The van der Waals surface area contributed by atoms with Crippen molar-refractivity contribution in [3.05, 3.63) is 28.0 Å².